The highest BCUT2D eigenvalue weighted by atomic mass is 16.1. The number of hydrogen-bond acceptors (Lipinski definition) is 1. The number of carbonyl (C=O) groups is 1. The smallest absolute Gasteiger partial charge is 0.219 e. The van der Waals surface area contributed by atoms with Crippen LogP contribution < -0.4 is 5.32 Å². The van der Waals surface area contributed by atoms with Crippen molar-refractivity contribution < 1.29 is 4.79 Å². The fourth-order valence-electron chi connectivity index (χ4n) is 1.85. The molecule has 2 heteroatoms. The highest BCUT2D eigenvalue weighted by Crippen LogP contribution is 2.27. The molecule has 17 heavy (non-hydrogen) atoms. The van der Waals surface area contributed by atoms with Crippen molar-refractivity contribution in [2.45, 2.75) is 80.2 Å². The van der Waals surface area contributed by atoms with Gasteiger partial charge in [0.05, 0.1) is 0 Å². The van der Waals surface area contributed by atoms with E-state index in [-0.39, 0.29) is 17.4 Å². The lowest BCUT2D eigenvalue weighted by molar-refractivity contribution is -0.122. The Bertz CT molecular complexity index is 232. The normalized spacial score (nSPS) is 14.5. The second-order valence-electron chi connectivity index (χ2n) is 7.29. The summed E-state index contributed by atoms with van der Waals surface area (Å²) < 4.78 is 0. The van der Waals surface area contributed by atoms with Crippen molar-refractivity contribution in [3.05, 3.63) is 0 Å². The monoisotopic (exact) mass is 241 g/mol. The quantitative estimate of drug-likeness (QED) is 0.770. The Kier molecular flexibility index (Phi) is 6.22. The molecule has 0 aromatic rings. The molecule has 0 fully saturated rings. The molecule has 0 saturated heterocycles. The predicted octanol–water partition coefficient (Wildman–Crippen LogP) is 4.14. The summed E-state index contributed by atoms with van der Waals surface area (Å²) in [6.07, 6.45) is 4.04. The van der Waals surface area contributed by atoms with Crippen molar-refractivity contribution in [2.24, 2.45) is 10.8 Å². The van der Waals surface area contributed by atoms with E-state index in [1.54, 1.807) is 0 Å². The van der Waals surface area contributed by atoms with Crippen molar-refractivity contribution in [3.63, 3.8) is 0 Å². The van der Waals surface area contributed by atoms with E-state index in [1.807, 2.05) is 6.92 Å². The van der Waals surface area contributed by atoms with Crippen molar-refractivity contribution in [3.8, 4) is 0 Å². The van der Waals surface area contributed by atoms with Crippen molar-refractivity contribution in [1.82, 2.24) is 5.32 Å². The van der Waals surface area contributed by atoms with Gasteiger partial charge in [-0.3, -0.25) is 4.79 Å². The van der Waals surface area contributed by atoms with E-state index < -0.39 is 0 Å². The molecular formula is C15H31NO. The molecule has 2 nitrogen and oxygen atoms in total. The van der Waals surface area contributed by atoms with Crippen LogP contribution in [0.2, 0.25) is 0 Å². The maximum Gasteiger partial charge on any atom is 0.219 e. The fourth-order valence-corrected chi connectivity index (χ4v) is 1.85. The van der Waals surface area contributed by atoms with Crippen LogP contribution in [-0.2, 0) is 4.79 Å². The van der Waals surface area contributed by atoms with Gasteiger partial charge in [-0.2, -0.15) is 0 Å². The SMILES string of the molecule is CCC(=O)NC(CCCC(C)(C)C)C(C)(C)C. The molecule has 0 saturated carbocycles. The molecule has 1 unspecified atom stereocenters. The molecule has 0 radical (unpaired) electrons. The van der Waals surface area contributed by atoms with Crippen LogP contribution in [0, 0.1) is 10.8 Å². The summed E-state index contributed by atoms with van der Waals surface area (Å²) in [5, 5.41) is 3.15. The number of carbonyl (C=O) groups excluding carboxylic acids is 1. The van der Waals surface area contributed by atoms with Gasteiger partial charge in [-0.05, 0) is 23.7 Å². The van der Waals surface area contributed by atoms with Gasteiger partial charge in [0, 0.05) is 12.5 Å². The Morgan fingerprint density at radius 3 is 2.00 bits per heavy atom. The third kappa shape index (κ3) is 8.23. The average Bonchev–Trinajstić information content (AvgIpc) is 2.12. The van der Waals surface area contributed by atoms with Gasteiger partial charge in [0.2, 0.25) is 5.91 Å². The lowest BCUT2D eigenvalue weighted by Gasteiger charge is -2.32. The largest absolute Gasteiger partial charge is 0.353 e. The zero-order chi connectivity index (χ0) is 13.7. The van der Waals surface area contributed by atoms with Gasteiger partial charge in [-0.15, -0.1) is 0 Å². The molecule has 0 rings (SSSR count). The molecule has 102 valence electrons. The van der Waals surface area contributed by atoms with Crippen LogP contribution in [0.15, 0.2) is 0 Å². The summed E-state index contributed by atoms with van der Waals surface area (Å²) in [4.78, 5) is 11.5. The van der Waals surface area contributed by atoms with Crippen molar-refractivity contribution in [2.75, 3.05) is 0 Å². The van der Waals surface area contributed by atoms with E-state index in [0.29, 0.717) is 11.8 Å². The molecule has 1 amide bonds. The molecule has 0 bridgehead atoms. The zero-order valence-electron chi connectivity index (χ0n) is 12.8. The van der Waals surface area contributed by atoms with Gasteiger partial charge in [0.15, 0.2) is 0 Å². The topological polar surface area (TPSA) is 29.1 Å². The van der Waals surface area contributed by atoms with Gasteiger partial charge in [0.1, 0.15) is 0 Å². The van der Waals surface area contributed by atoms with Gasteiger partial charge >= 0.3 is 0 Å². The number of hydrogen-bond donors (Lipinski definition) is 1. The van der Waals surface area contributed by atoms with E-state index in [2.05, 4.69) is 46.9 Å². The standard InChI is InChI=1S/C15H31NO/c1-8-13(17)16-12(15(5,6)7)10-9-11-14(2,3)4/h12H,8-11H2,1-7H3,(H,16,17). The van der Waals surface area contributed by atoms with E-state index >= 15 is 0 Å². The van der Waals surface area contributed by atoms with Crippen LogP contribution in [0.25, 0.3) is 0 Å². The first-order valence-electron chi connectivity index (χ1n) is 6.85. The highest BCUT2D eigenvalue weighted by molar-refractivity contribution is 5.75. The molecule has 1 atom stereocenters. The zero-order valence-corrected chi connectivity index (χ0v) is 12.8. The summed E-state index contributed by atoms with van der Waals surface area (Å²) in [7, 11) is 0. The maximum atomic E-state index is 11.5. The molecular weight excluding hydrogens is 210 g/mol. The number of rotatable bonds is 5. The van der Waals surface area contributed by atoms with Crippen LogP contribution in [0.4, 0.5) is 0 Å². The summed E-state index contributed by atoms with van der Waals surface area (Å²) >= 11 is 0. The van der Waals surface area contributed by atoms with Crippen molar-refractivity contribution >= 4 is 5.91 Å². The van der Waals surface area contributed by atoms with Crippen LogP contribution in [-0.4, -0.2) is 11.9 Å². The summed E-state index contributed by atoms with van der Waals surface area (Å²) in [5.74, 6) is 0.167. The third-order valence-corrected chi connectivity index (χ3v) is 3.12. The molecule has 0 aliphatic heterocycles. The van der Waals surface area contributed by atoms with Crippen LogP contribution in [0.3, 0.4) is 0 Å². The predicted molar refractivity (Wildman–Crippen MR) is 75.0 cm³/mol. The van der Waals surface area contributed by atoms with Crippen LogP contribution >= 0.6 is 0 Å². The van der Waals surface area contributed by atoms with Gasteiger partial charge in [0.25, 0.3) is 0 Å². The van der Waals surface area contributed by atoms with E-state index in [0.717, 1.165) is 6.42 Å². The Hall–Kier alpha value is -0.530. The molecule has 0 aliphatic carbocycles. The van der Waals surface area contributed by atoms with Crippen LogP contribution in [0.5, 0.6) is 0 Å². The number of amides is 1. The third-order valence-electron chi connectivity index (χ3n) is 3.12. The first kappa shape index (κ1) is 16.5. The second-order valence-corrected chi connectivity index (χ2v) is 7.29. The Morgan fingerprint density at radius 2 is 1.65 bits per heavy atom. The molecule has 0 aromatic carbocycles. The minimum atomic E-state index is 0.142. The van der Waals surface area contributed by atoms with Gasteiger partial charge in [-0.1, -0.05) is 54.9 Å². The molecule has 1 N–H and O–H groups in total. The fraction of sp³-hybridized carbons (Fsp3) is 0.933. The Morgan fingerprint density at radius 1 is 1.12 bits per heavy atom. The molecule has 0 aliphatic rings. The first-order chi connectivity index (χ1) is 7.56. The molecule has 0 heterocycles. The molecule has 0 spiro atoms. The van der Waals surface area contributed by atoms with Crippen molar-refractivity contribution in [1.29, 1.82) is 0 Å². The first-order valence-corrected chi connectivity index (χ1v) is 6.85. The molecule has 0 aromatic heterocycles. The van der Waals surface area contributed by atoms with Gasteiger partial charge < -0.3 is 5.32 Å². The van der Waals surface area contributed by atoms with E-state index in [1.165, 1.54) is 12.8 Å². The summed E-state index contributed by atoms with van der Waals surface area (Å²) in [6.45, 7) is 15.3. The lowest BCUT2D eigenvalue weighted by atomic mass is 9.81. The van der Waals surface area contributed by atoms with Crippen LogP contribution in [0.1, 0.15) is 74.1 Å². The maximum absolute atomic E-state index is 11.5. The summed E-state index contributed by atoms with van der Waals surface area (Å²) in [5.41, 5.74) is 0.528. The summed E-state index contributed by atoms with van der Waals surface area (Å²) in [6, 6.07) is 0.289. The minimum Gasteiger partial charge on any atom is -0.353 e. The van der Waals surface area contributed by atoms with E-state index in [4.69, 9.17) is 0 Å². The lowest BCUT2D eigenvalue weighted by Crippen LogP contribution is -2.43. The Balaban J connectivity index is 4.27. The highest BCUT2D eigenvalue weighted by Gasteiger charge is 2.25. The number of nitrogens with one attached hydrogen (secondary N) is 1. The average molecular weight is 241 g/mol. The van der Waals surface area contributed by atoms with E-state index in [9.17, 15) is 4.79 Å². The Labute approximate surface area is 108 Å². The second kappa shape index (κ2) is 6.42. The van der Waals surface area contributed by atoms with Gasteiger partial charge in [-0.25, -0.2) is 0 Å². The minimum absolute atomic E-state index is 0.142.